The summed E-state index contributed by atoms with van der Waals surface area (Å²) >= 11 is 0. The average molecular weight is 364 g/mol. The molecule has 0 atom stereocenters. The number of amides is 1. The lowest BCUT2D eigenvalue weighted by Crippen LogP contribution is -2.15. The molecule has 0 aliphatic rings. The van der Waals surface area contributed by atoms with Gasteiger partial charge in [0.1, 0.15) is 17.3 Å². The molecule has 27 heavy (non-hydrogen) atoms. The number of anilines is 1. The molecule has 7 heteroatoms. The van der Waals surface area contributed by atoms with E-state index >= 15 is 0 Å². The SMILES string of the molecule is Cc1c(C(=O)Nc2c(F)cccc2F)cnn1-c1ccc2ccccc2n1. The number of aromatic nitrogens is 3. The number of nitrogens with one attached hydrogen (secondary N) is 1. The molecule has 0 fully saturated rings. The molecule has 0 radical (unpaired) electrons. The number of benzene rings is 2. The highest BCUT2D eigenvalue weighted by atomic mass is 19.1. The maximum absolute atomic E-state index is 13.8. The molecule has 1 N–H and O–H groups in total. The lowest BCUT2D eigenvalue weighted by molar-refractivity contribution is 0.102. The zero-order chi connectivity index (χ0) is 19.0. The van der Waals surface area contributed by atoms with Gasteiger partial charge in [-0.1, -0.05) is 24.3 Å². The topological polar surface area (TPSA) is 59.8 Å². The van der Waals surface area contributed by atoms with Gasteiger partial charge < -0.3 is 5.32 Å². The first kappa shape index (κ1) is 16.8. The second-order valence-corrected chi connectivity index (χ2v) is 5.97. The Morgan fingerprint density at radius 1 is 1.00 bits per heavy atom. The minimum Gasteiger partial charge on any atom is -0.317 e. The Morgan fingerprint density at radius 3 is 2.52 bits per heavy atom. The van der Waals surface area contributed by atoms with Crippen molar-refractivity contribution < 1.29 is 13.6 Å². The number of nitrogens with zero attached hydrogens (tertiary/aromatic N) is 3. The number of carbonyl (C=O) groups is 1. The summed E-state index contributed by atoms with van der Waals surface area (Å²) in [6.45, 7) is 1.69. The van der Waals surface area contributed by atoms with E-state index in [2.05, 4.69) is 15.4 Å². The predicted molar refractivity (Wildman–Crippen MR) is 97.9 cm³/mol. The van der Waals surface area contributed by atoms with Crippen molar-refractivity contribution in [2.45, 2.75) is 6.92 Å². The fourth-order valence-electron chi connectivity index (χ4n) is 2.83. The Kier molecular flexibility index (Phi) is 4.12. The third-order valence-electron chi connectivity index (χ3n) is 4.26. The van der Waals surface area contributed by atoms with Gasteiger partial charge in [-0.25, -0.2) is 18.4 Å². The number of pyridine rings is 1. The molecule has 4 aromatic rings. The van der Waals surface area contributed by atoms with Crippen LogP contribution < -0.4 is 5.32 Å². The van der Waals surface area contributed by atoms with Crippen LogP contribution >= 0.6 is 0 Å². The standard InChI is InChI=1S/C20H14F2N4O/c1-12-14(20(27)25-19-15(21)6-4-7-16(19)22)11-23-26(12)18-10-9-13-5-2-3-8-17(13)24-18/h2-11H,1H3,(H,25,27). The van der Waals surface area contributed by atoms with E-state index in [1.807, 2.05) is 30.3 Å². The molecule has 0 aliphatic heterocycles. The lowest BCUT2D eigenvalue weighted by atomic mass is 10.2. The van der Waals surface area contributed by atoms with Crippen molar-refractivity contribution in [3.63, 3.8) is 0 Å². The van der Waals surface area contributed by atoms with E-state index in [1.54, 1.807) is 13.0 Å². The summed E-state index contributed by atoms with van der Waals surface area (Å²) < 4.78 is 29.0. The van der Waals surface area contributed by atoms with E-state index in [9.17, 15) is 13.6 Å². The lowest BCUT2D eigenvalue weighted by Gasteiger charge is -2.08. The fraction of sp³-hybridized carbons (Fsp3) is 0.0500. The van der Waals surface area contributed by atoms with Crippen LogP contribution in [0.4, 0.5) is 14.5 Å². The third kappa shape index (κ3) is 3.03. The highest BCUT2D eigenvalue weighted by Gasteiger charge is 2.19. The number of halogens is 2. The maximum Gasteiger partial charge on any atom is 0.259 e. The molecular formula is C20H14F2N4O. The maximum atomic E-state index is 13.8. The summed E-state index contributed by atoms with van der Waals surface area (Å²) in [6, 6.07) is 14.7. The van der Waals surface area contributed by atoms with Crippen molar-refractivity contribution >= 4 is 22.5 Å². The number of hydrogen-bond donors (Lipinski definition) is 1. The van der Waals surface area contributed by atoms with Crippen molar-refractivity contribution in [2.75, 3.05) is 5.32 Å². The highest BCUT2D eigenvalue weighted by Crippen LogP contribution is 2.21. The molecule has 1 amide bonds. The number of rotatable bonds is 3. The Hall–Kier alpha value is -3.61. The van der Waals surface area contributed by atoms with Crippen LogP contribution in [-0.2, 0) is 0 Å². The fourth-order valence-corrected chi connectivity index (χ4v) is 2.83. The molecular weight excluding hydrogens is 350 g/mol. The van der Waals surface area contributed by atoms with E-state index in [-0.39, 0.29) is 5.56 Å². The summed E-state index contributed by atoms with van der Waals surface area (Å²) in [7, 11) is 0. The first-order valence-electron chi connectivity index (χ1n) is 8.21. The second kappa shape index (κ2) is 6.60. The van der Waals surface area contributed by atoms with Crippen LogP contribution in [0, 0.1) is 18.6 Å². The summed E-state index contributed by atoms with van der Waals surface area (Å²) in [4.78, 5) is 17.0. The third-order valence-corrected chi connectivity index (χ3v) is 4.26. The number of para-hydroxylation sites is 2. The van der Waals surface area contributed by atoms with E-state index in [0.29, 0.717) is 11.5 Å². The molecule has 5 nitrogen and oxygen atoms in total. The van der Waals surface area contributed by atoms with Crippen molar-refractivity contribution in [3.8, 4) is 5.82 Å². The molecule has 2 aromatic heterocycles. The van der Waals surface area contributed by atoms with E-state index in [4.69, 9.17) is 0 Å². The summed E-state index contributed by atoms with van der Waals surface area (Å²) in [5, 5.41) is 7.46. The zero-order valence-electron chi connectivity index (χ0n) is 14.3. The molecule has 2 heterocycles. The first-order chi connectivity index (χ1) is 13.0. The van der Waals surface area contributed by atoms with Crippen LogP contribution in [-0.4, -0.2) is 20.7 Å². The van der Waals surface area contributed by atoms with Crippen LogP contribution in [0.5, 0.6) is 0 Å². The van der Waals surface area contributed by atoms with E-state index in [1.165, 1.54) is 16.9 Å². The molecule has 0 bridgehead atoms. The number of fused-ring (bicyclic) bond motifs is 1. The van der Waals surface area contributed by atoms with E-state index < -0.39 is 23.2 Å². The largest absolute Gasteiger partial charge is 0.317 e. The molecule has 0 unspecified atom stereocenters. The molecule has 2 aromatic carbocycles. The minimum absolute atomic E-state index is 0.201. The van der Waals surface area contributed by atoms with Gasteiger partial charge in [0.2, 0.25) is 0 Å². The van der Waals surface area contributed by atoms with Gasteiger partial charge in [0.25, 0.3) is 5.91 Å². The average Bonchev–Trinajstić information content (AvgIpc) is 3.06. The Morgan fingerprint density at radius 2 is 1.74 bits per heavy atom. The van der Waals surface area contributed by atoms with Gasteiger partial charge in [0.05, 0.1) is 23.0 Å². The smallest absolute Gasteiger partial charge is 0.259 e. The van der Waals surface area contributed by atoms with Crippen LogP contribution in [0.25, 0.3) is 16.7 Å². The first-order valence-corrected chi connectivity index (χ1v) is 8.21. The predicted octanol–water partition coefficient (Wildman–Crippen LogP) is 4.26. The van der Waals surface area contributed by atoms with Gasteiger partial charge in [0.15, 0.2) is 5.82 Å². The second-order valence-electron chi connectivity index (χ2n) is 5.97. The summed E-state index contributed by atoms with van der Waals surface area (Å²) in [5.41, 5.74) is 1.02. The van der Waals surface area contributed by atoms with Gasteiger partial charge in [-0.3, -0.25) is 4.79 Å². The summed E-state index contributed by atoms with van der Waals surface area (Å²) in [6.07, 6.45) is 1.35. The van der Waals surface area contributed by atoms with Gasteiger partial charge in [-0.05, 0) is 37.3 Å². The minimum atomic E-state index is -0.843. The monoisotopic (exact) mass is 364 g/mol. The van der Waals surface area contributed by atoms with Crippen LogP contribution in [0.15, 0.2) is 60.8 Å². The van der Waals surface area contributed by atoms with Gasteiger partial charge in [0, 0.05) is 5.39 Å². The van der Waals surface area contributed by atoms with Crippen molar-refractivity contribution in [1.82, 2.24) is 14.8 Å². The Balaban J connectivity index is 1.68. The Labute approximate surface area is 153 Å². The molecule has 0 saturated carbocycles. The van der Waals surface area contributed by atoms with Crippen molar-refractivity contribution in [3.05, 3.63) is 83.7 Å². The molecule has 0 aliphatic carbocycles. The molecule has 4 rings (SSSR count). The molecule has 0 saturated heterocycles. The van der Waals surface area contributed by atoms with Gasteiger partial charge in [-0.15, -0.1) is 0 Å². The van der Waals surface area contributed by atoms with Crippen LogP contribution in [0.1, 0.15) is 16.1 Å². The normalized spacial score (nSPS) is 10.9. The van der Waals surface area contributed by atoms with Crippen molar-refractivity contribution in [1.29, 1.82) is 0 Å². The number of carbonyl (C=O) groups excluding carboxylic acids is 1. The number of hydrogen-bond acceptors (Lipinski definition) is 3. The van der Waals surface area contributed by atoms with Crippen molar-refractivity contribution in [2.24, 2.45) is 0 Å². The molecule has 0 spiro atoms. The van der Waals surface area contributed by atoms with Gasteiger partial charge >= 0.3 is 0 Å². The molecule has 134 valence electrons. The zero-order valence-corrected chi connectivity index (χ0v) is 14.3. The van der Waals surface area contributed by atoms with Crippen LogP contribution in [0.3, 0.4) is 0 Å². The van der Waals surface area contributed by atoms with Gasteiger partial charge in [-0.2, -0.15) is 5.10 Å². The quantitative estimate of drug-likeness (QED) is 0.591. The Bertz CT molecular complexity index is 1150. The highest BCUT2D eigenvalue weighted by molar-refractivity contribution is 6.05. The summed E-state index contributed by atoms with van der Waals surface area (Å²) in [5.74, 6) is -1.79. The van der Waals surface area contributed by atoms with Crippen LogP contribution in [0.2, 0.25) is 0 Å². The van der Waals surface area contributed by atoms with E-state index in [0.717, 1.165) is 23.0 Å².